The molecule has 1 unspecified atom stereocenters. The molecule has 0 amide bonds. The maximum Gasteiger partial charge on any atom is 0.133 e. The van der Waals surface area contributed by atoms with Gasteiger partial charge in [-0.2, -0.15) is 0 Å². The molecule has 2 fully saturated rings. The average Bonchev–Trinajstić information content (AvgIpc) is 2.91. The zero-order valence-corrected chi connectivity index (χ0v) is 21.8. The molecular weight excluding hydrogens is 472 g/mol. The molecule has 198 valence electrons. The molecule has 0 saturated heterocycles. The Morgan fingerprint density at radius 1 is 0.676 bits per heavy atom. The Bertz CT molecular complexity index is 1120. The van der Waals surface area contributed by atoms with Crippen LogP contribution in [-0.4, -0.2) is 0 Å². The van der Waals surface area contributed by atoms with E-state index in [1.54, 1.807) is 12.1 Å². The Morgan fingerprint density at radius 3 is 1.68 bits per heavy atom. The van der Waals surface area contributed by atoms with Crippen LogP contribution in [0.3, 0.4) is 0 Å². The second-order valence-corrected chi connectivity index (χ2v) is 11.7. The fraction of sp³-hybridized carbons (Fsp3) is 0.515. The highest BCUT2D eigenvalue weighted by Crippen LogP contribution is 2.45. The van der Waals surface area contributed by atoms with E-state index in [0.717, 1.165) is 80.9 Å². The van der Waals surface area contributed by atoms with E-state index in [1.807, 2.05) is 6.08 Å². The van der Waals surface area contributed by atoms with Crippen molar-refractivity contribution in [3.8, 4) is 0 Å². The van der Waals surface area contributed by atoms with Crippen molar-refractivity contribution in [3.63, 3.8) is 0 Å². The number of halogens is 4. The van der Waals surface area contributed by atoms with Crippen molar-refractivity contribution in [1.82, 2.24) is 0 Å². The Hall–Kier alpha value is -2.36. The van der Waals surface area contributed by atoms with E-state index in [2.05, 4.69) is 12.7 Å². The fourth-order valence-corrected chi connectivity index (χ4v) is 7.16. The van der Waals surface area contributed by atoms with Crippen LogP contribution in [0.2, 0.25) is 0 Å². The van der Waals surface area contributed by atoms with Crippen molar-refractivity contribution in [2.24, 2.45) is 17.8 Å². The minimum absolute atomic E-state index is 0.0837. The SMILES string of the molecule is C=CC1CCC(c2cc(F)c(C3=CCC(C4CCC(c5cc(F)c(C)c(F)c5)CC4)CC3)c(F)c2)CC1. The molecule has 2 saturated carbocycles. The molecule has 3 aliphatic carbocycles. The molecule has 4 heteroatoms. The van der Waals surface area contributed by atoms with Gasteiger partial charge in [-0.3, -0.25) is 0 Å². The third kappa shape index (κ3) is 5.59. The zero-order valence-electron chi connectivity index (χ0n) is 21.8. The van der Waals surface area contributed by atoms with Crippen LogP contribution in [0.5, 0.6) is 0 Å². The van der Waals surface area contributed by atoms with Crippen LogP contribution < -0.4 is 0 Å². The molecule has 0 heterocycles. The molecule has 3 aliphatic rings. The van der Waals surface area contributed by atoms with Gasteiger partial charge in [0.1, 0.15) is 23.3 Å². The Labute approximate surface area is 218 Å². The van der Waals surface area contributed by atoms with Crippen molar-refractivity contribution < 1.29 is 17.6 Å². The normalized spacial score (nSPS) is 28.6. The third-order valence-corrected chi connectivity index (χ3v) is 9.63. The van der Waals surface area contributed by atoms with Gasteiger partial charge in [0, 0.05) is 11.1 Å². The highest BCUT2D eigenvalue weighted by atomic mass is 19.1. The number of hydrogen-bond donors (Lipinski definition) is 0. The lowest BCUT2D eigenvalue weighted by molar-refractivity contribution is 0.220. The summed E-state index contributed by atoms with van der Waals surface area (Å²) < 4.78 is 58.4. The molecule has 1 atom stereocenters. The van der Waals surface area contributed by atoms with Crippen molar-refractivity contribution >= 4 is 5.57 Å². The lowest BCUT2D eigenvalue weighted by Gasteiger charge is -2.36. The van der Waals surface area contributed by atoms with Crippen LogP contribution in [0.15, 0.2) is 43.0 Å². The summed E-state index contributed by atoms with van der Waals surface area (Å²) in [4.78, 5) is 0. The van der Waals surface area contributed by atoms with E-state index in [-0.39, 0.29) is 23.0 Å². The van der Waals surface area contributed by atoms with Crippen LogP contribution in [0.25, 0.3) is 5.57 Å². The summed E-state index contributed by atoms with van der Waals surface area (Å²) in [6, 6.07) is 6.14. The number of rotatable bonds is 5. The lowest BCUT2D eigenvalue weighted by atomic mass is 9.70. The van der Waals surface area contributed by atoms with Crippen molar-refractivity contribution in [1.29, 1.82) is 0 Å². The number of benzene rings is 2. The lowest BCUT2D eigenvalue weighted by Crippen LogP contribution is -2.23. The highest BCUT2D eigenvalue weighted by Gasteiger charge is 2.31. The van der Waals surface area contributed by atoms with Crippen molar-refractivity contribution in [2.75, 3.05) is 0 Å². The van der Waals surface area contributed by atoms with Crippen LogP contribution in [0, 0.1) is 47.9 Å². The van der Waals surface area contributed by atoms with E-state index < -0.39 is 23.3 Å². The summed E-state index contributed by atoms with van der Waals surface area (Å²) in [5.41, 5.74) is 2.61. The van der Waals surface area contributed by atoms with E-state index >= 15 is 8.78 Å². The molecule has 0 N–H and O–H groups in total. The maximum atomic E-state index is 15.2. The first-order valence-electron chi connectivity index (χ1n) is 14.1. The molecule has 2 aromatic carbocycles. The molecule has 0 bridgehead atoms. The van der Waals surface area contributed by atoms with E-state index in [4.69, 9.17) is 0 Å². The molecule has 2 aromatic rings. The fourth-order valence-electron chi connectivity index (χ4n) is 7.16. The number of hydrogen-bond acceptors (Lipinski definition) is 0. The molecule has 5 rings (SSSR count). The van der Waals surface area contributed by atoms with Gasteiger partial charge in [-0.1, -0.05) is 12.2 Å². The van der Waals surface area contributed by atoms with Gasteiger partial charge in [-0.05, 0) is 148 Å². The molecular formula is C33H38F4. The van der Waals surface area contributed by atoms with E-state index in [9.17, 15) is 8.78 Å². The van der Waals surface area contributed by atoms with Gasteiger partial charge in [0.05, 0.1) is 0 Å². The van der Waals surface area contributed by atoms with Crippen molar-refractivity contribution in [3.05, 3.63) is 88.5 Å². The van der Waals surface area contributed by atoms with Gasteiger partial charge in [-0.25, -0.2) is 17.6 Å². The molecule has 0 spiro atoms. The summed E-state index contributed by atoms with van der Waals surface area (Å²) in [6.45, 7) is 5.35. The molecule has 0 aliphatic heterocycles. The molecule has 0 nitrogen and oxygen atoms in total. The van der Waals surface area contributed by atoms with Gasteiger partial charge in [0.2, 0.25) is 0 Å². The standard InChI is InChI=1S/C33H38F4/c1-3-21-4-6-24(7-5-21)28-18-31(36)33(32(37)19-28)26-14-12-23(13-15-26)22-8-10-25(11-9-22)27-16-29(34)20(2)30(35)17-27/h3,14,16-19,21-25H,1,4-13,15H2,2H3. The zero-order chi connectivity index (χ0) is 26.1. The predicted octanol–water partition coefficient (Wildman–Crippen LogP) is 10.2. The van der Waals surface area contributed by atoms with E-state index in [0.29, 0.717) is 24.2 Å². The quantitative estimate of drug-likeness (QED) is 0.277. The second kappa shape index (κ2) is 11.2. The Balaban J connectivity index is 1.20. The first kappa shape index (κ1) is 26.3. The summed E-state index contributed by atoms with van der Waals surface area (Å²) in [5, 5.41) is 0. The Morgan fingerprint density at radius 2 is 1.19 bits per heavy atom. The van der Waals surface area contributed by atoms with Crippen LogP contribution in [0.4, 0.5) is 17.6 Å². The van der Waals surface area contributed by atoms with Gasteiger partial charge in [0.15, 0.2) is 0 Å². The summed E-state index contributed by atoms with van der Waals surface area (Å²) >= 11 is 0. The van der Waals surface area contributed by atoms with Crippen LogP contribution >= 0.6 is 0 Å². The topological polar surface area (TPSA) is 0 Å². The molecule has 37 heavy (non-hydrogen) atoms. The number of allylic oxidation sites excluding steroid dienone is 3. The first-order chi connectivity index (χ1) is 17.8. The molecule has 0 aromatic heterocycles. The largest absolute Gasteiger partial charge is 0.207 e. The first-order valence-corrected chi connectivity index (χ1v) is 14.1. The second-order valence-electron chi connectivity index (χ2n) is 11.7. The van der Waals surface area contributed by atoms with Crippen molar-refractivity contribution in [2.45, 2.75) is 89.4 Å². The van der Waals surface area contributed by atoms with Gasteiger partial charge < -0.3 is 0 Å². The monoisotopic (exact) mass is 510 g/mol. The van der Waals surface area contributed by atoms with Crippen LogP contribution in [-0.2, 0) is 0 Å². The smallest absolute Gasteiger partial charge is 0.133 e. The van der Waals surface area contributed by atoms with Gasteiger partial charge in [-0.15, -0.1) is 6.58 Å². The minimum Gasteiger partial charge on any atom is -0.207 e. The van der Waals surface area contributed by atoms with Crippen LogP contribution in [0.1, 0.15) is 105 Å². The third-order valence-electron chi connectivity index (χ3n) is 9.63. The highest BCUT2D eigenvalue weighted by molar-refractivity contribution is 5.67. The Kier molecular flexibility index (Phi) is 7.93. The van der Waals surface area contributed by atoms with Gasteiger partial charge >= 0.3 is 0 Å². The minimum atomic E-state index is -0.463. The summed E-state index contributed by atoms with van der Waals surface area (Å²) in [7, 11) is 0. The average molecular weight is 511 g/mol. The van der Waals surface area contributed by atoms with Gasteiger partial charge in [0.25, 0.3) is 0 Å². The maximum absolute atomic E-state index is 15.2. The summed E-state index contributed by atoms with van der Waals surface area (Å²) in [6.07, 6.45) is 14.4. The summed E-state index contributed by atoms with van der Waals surface area (Å²) in [5.74, 6) is 0.218. The molecule has 0 radical (unpaired) electrons. The van der Waals surface area contributed by atoms with E-state index in [1.165, 1.54) is 19.1 Å². The predicted molar refractivity (Wildman–Crippen MR) is 142 cm³/mol.